The fraction of sp³-hybridized carbons (Fsp3) is 0.300. The zero-order valence-corrected chi connectivity index (χ0v) is 8.79. The Morgan fingerprint density at radius 3 is 3.00 bits per heavy atom. The van der Waals surface area contributed by atoms with Crippen molar-refractivity contribution in [1.82, 2.24) is 14.4 Å². The van der Waals surface area contributed by atoms with E-state index in [1.54, 1.807) is 22.9 Å². The molecule has 0 spiro atoms. The van der Waals surface area contributed by atoms with Crippen molar-refractivity contribution in [2.75, 3.05) is 6.54 Å². The summed E-state index contributed by atoms with van der Waals surface area (Å²) in [6.45, 7) is 1.86. The Morgan fingerprint density at radius 1 is 1.69 bits per heavy atom. The van der Waals surface area contributed by atoms with Crippen LogP contribution in [0.4, 0.5) is 0 Å². The van der Waals surface area contributed by atoms with Crippen molar-refractivity contribution in [3.05, 3.63) is 30.0 Å². The number of aliphatic carboxylic acids is 1. The molecule has 2 aromatic rings. The molecule has 2 rings (SSSR count). The van der Waals surface area contributed by atoms with E-state index in [9.17, 15) is 4.79 Å². The molecule has 0 aliphatic heterocycles. The molecule has 0 bridgehead atoms. The van der Waals surface area contributed by atoms with Crippen LogP contribution in [0.5, 0.6) is 0 Å². The van der Waals surface area contributed by atoms with E-state index in [0.29, 0.717) is 11.3 Å². The summed E-state index contributed by atoms with van der Waals surface area (Å²) in [6.07, 6.45) is 3.31. The summed E-state index contributed by atoms with van der Waals surface area (Å²) in [5.74, 6) is -0.965. The molecule has 0 aliphatic carbocycles. The van der Waals surface area contributed by atoms with Crippen LogP contribution in [-0.2, 0) is 4.79 Å². The minimum absolute atomic E-state index is 0.0334. The Labute approximate surface area is 91.7 Å². The number of aryl methyl sites for hydroxylation is 1. The molecule has 0 amide bonds. The average molecular weight is 220 g/mol. The predicted molar refractivity (Wildman–Crippen MR) is 57.2 cm³/mol. The van der Waals surface area contributed by atoms with Crippen LogP contribution in [0.15, 0.2) is 18.5 Å². The number of hydrogen-bond donors (Lipinski definition) is 2. The molecule has 6 heteroatoms. The average Bonchev–Trinajstić information content (AvgIpc) is 2.63. The summed E-state index contributed by atoms with van der Waals surface area (Å²) in [5.41, 5.74) is 6.57. The zero-order valence-electron chi connectivity index (χ0n) is 8.79. The third-order valence-corrected chi connectivity index (χ3v) is 2.48. The molecule has 16 heavy (non-hydrogen) atoms. The summed E-state index contributed by atoms with van der Waals surface area (Å²) in [4.78, 5) is 19.3. The van der Waals surface area contributed by atoms with Crippen LogP contribution in [0.1, 0.15) is 17.4 Å². The summed E-state index contributed by atoms with van der Waals surface area (Å²) in [6, 6.07) is 1.73. The topological polar surface area (TPSA) is 93.5 Å². The lowest BCUT2D eigenvalue weighted by Crippen LogP contribution is -2.21. The first kappa shape index (κ1) is 10.6. The quantitative estimate of drug-likeness (QED) is 0.768. The number of imidazole rings is 1. The Kier molecular flexibility index (Phi) is 2.57. The first-order chi connectivity index (χ1) is 7.63. The molecule has 1 unspecified atom stereocenters. The minimum atomic E-state index is -0.962. The lowest BCUT2D eigenvalue weighted by Gasteiger charge is -2.04. The Bertz CT molecular complexity index is 535. The molecule has 0 saturated carbocycles. The third kappa shape index (κ3) is 1.63. The SMILES string of the molecule is Cc1nccc2nc(C(CN)C(=O)O)cn12. The molecular weight excluding hydrogens is 208 g/mol. The van der Waals surface area contributed by atoms with Gasteiger partial charge in [-0.2, -0.15) is 0 Å². The summed E-state index contributed by atoms with van der Waals surface area (Å²) >= 11 is 0. The van der Waals surface area contributed by atoms with Crippen LogP contribution in [0.25, 0.3) is 5.65 Å². The highest BCUT2D eigenvalue weighted by Gasteiger charge is 2.21. The van der Waals surface area contributed by atoms with Gasteiger partial charge in [-0.1, -0.05) is 0 Å². The van der Waals surface area contributed by atoms with Crippen LogP contribution in [0.2, 0.25) is 0 Å². The molecule has 6 nitrogen and oxygen atoms in total. The predicted octanol–water partition coefficient (Wildman–Crippen LogP) is 0.165. The van der Waals surface area contributed by atoms with Gasteiger partial charge in [0.05, 0.1) is 5.69 Å². The summed E-state index contributed by atoms with van der Waals surface area (Å²) in [5, 5.41) is 8.98. The van der Waals surface area contributed by atoms with Crippen molar-refractivity contribution in [2.24, 2.45) is 5.73 Å². The highest BCUT2D eigenvalue weighted by Crippen LogP contribution is 2.15. The molecular formula is C10H12N4O2. The summed E-state index contributed by atoms with van der Waals surface area (Å²) in [7, 11) is 0. The van der Waals surface area contributed by atoms with Gasteiger partial charge >= 0.3 is 5.97 Å². The second kappa shape index (κ2) is 3.90. The van der Waals surface area contributed by atoms with E-state index in [1.807, 2.05) is 6.92 Å². The number of carbonyl (C=O) groups is 1. The number of carboxylic acid groups (broad SMARTS) is 1. The number of nitrogens with two attached hydrogens (primary N) is 1. The molecule has 3 N–H and O–H groups in total. The van der Waals surface area contributed by atoms with Gasteiger partial charge in [0.2, 0.25) is 0 Å². The van der Waals surface area contributed by atoms with E-state index >= 15 is 0 Å². The first-order valence-electron chi connectivity index (χ1n) is 4.87. The van der Waals surface area contributed by atoms with Crippen LogP contribution in [0.3, 0.4) is 0 Å². The largest absolute Gasteiger partial charge is 0.481 e. The van der Waals surface area contributed by atoms with E-state index in [-0.39, 0.29) is 6.54 Å². The molecule has 0 fully saturated rings. The van der Waals surface area contributed by atoms with Crippen molar-refractivity contribution in [3.8, 4) is 0 Å². The number of fused-ring (bicyclic) bond motifs is 1. The Balaban J connectivity index is 2.54. The van der Waals surface area contributed by atoms with Crippen LogP contribution in [-0.4, -0.2) is 32.0 Å². The maximum atomic E-state index is 10.9. The highest BCUT2D eigenvalue weighted by atomic mass is 16.4. The Hall–Kier alpha value is -1.95. The molecule has 1 atom stereocenters. The van der Waals surface area contributed by atoms with Crippen LogP contribution >= 0.6 is 0 Å². The van der Waals surface area contributed by atoms with Gasteiger partial charge in [0.25, 0.3) is 0 Å². The van der Waals surface area contributed by atoms with Crippen molar-refractivity contribution in [1.29, 1.82) is 0 Å². The number of carboxylic acids is 1. The maximum absolute atomic E-state index is 10.9. The lowest BCUT2D eigenvalue weighted by molar-refractivity contribution is -0.138. The fourth-order valence-corrected chi connectivity index (χ4v) is 1.58. The molecule has 0 aromatic carbocycles. The van der Waals surface area contributed by atoms with E-state index in [4.69, 9.17) is 10.8 Å². The number of rotatable bonds is 3. The van der Waals surface area contributed by atoms with E-state index in [2.05, 4.69) is 9.97 Å². The smallest absolute Gasteiger partial charge is 0.313 e. The molecule has 2 aromatic heterocycles. The van der Waals surface area contributed by atoms with Crippen molar-refractivity contribution < 1.29 is 9.90 Å². The molecule has 0 saturated heterocycles. The minimum Gasteiger partial charge on any atom is -0.481 e. The summed E-state index contributed by atoms with van der Waals surface area (Å²) < 4.78 is 1.75. The molecule has 0 aliphatic rings. The van der Waals surface area contributed by atoms with E-state index < -0.39 is 11.9 Å². The van der Waals surface area contributed by atoms with Gasteiger partial charge < -0.3 is 10.8 Å². The van der Waals surface area contributed by atoms with E-state index in [0.717, 1.165) is 5.82 Å². The van der Waals surface area contributed by atoms with Gasteiger partial charge in [0.1, 0.15) is 17.4 Å². The maximum Gasteiger partial charge on any atom is 0.313 e. The van der Waals surface area contributed by atoms with Gasteiger partial charge in [0.15, 0.2) is 0 Å². The molecule has 2 heterocycles. The van der Waals surface area contributed by atoms with Gasteiger partial charge in [-0.15, -0.1) is 0 Å². The molecule has 0 radical (unpaired) electrons. The van der Waals surface area contributed by atoms with Gasteiger partial charge in [0, 0.05) is 18.9 Å². The van der Waals surface area contributed by atoms with E-state index in [1.165, 1.54) is 0 Å². The van der Waals surface area contributed by atoms with Crippen molar-refractivity contribution >= 4 is 11.6 Å². The lowest BCUT2D eigenvalue weighted by atomic mass is 10.1. The Morgan fingerprint density at radius 2 is 2.44 bits per heavy atom. The number of aromatic nitrogens is 3. The fourth-order valence-electron chi connectivity index (χ4n) is 1.58. The van der Waals surface area contributed by atoms with Gasteiger partial charge in [-0.25, -0.2) is 9.97 Å². The first-order valence-corrected chi connectivity index (χ1v) is 4.87. The van der Waals surface area contributed by atoms with Crippen molar-refractivity contribution in [3.63, 3.8) is 0 Å². The van der Waals surface area contributed by atoms with Crippen LogP contribution in [0, 0.1) is 6.92 Å². The number of nitrogens with zero attached hydrogens (tertiary/aromatic N) is 3. The van der Waals surface area contributed by atoms with Crippen molar-refractivity contribution in [2.45, 2.75) is 12.8 Å². The third-order valence-electron chi connectivity index (χ3n) is 2.48. The number of hydrogen-bond acceptors (Lipinski definition) is 4. The van der Waals surface area contributed by atoms with Gasteiger partial charge in [-0.05, 0) is 13.0 Å². The van der Waals surface area contributed by atoms with Crippen LogP contribution < -0.4 is 5.73 Å². The molecule has 84 valence electrons. The normalized spacial score (nSPS) is 12.9. The second-order valence-corrected chi connectivity index (χ2v) is 3.51. The monoisotopic (exact) mass is 220 g/mol. The second-order valence-electron chi connectivity index (χ2n) is 3.51. The van der Waals surface area contributed by atoms with Gasteiger partial charge in [-0.3, -0.25) is 9.20 Å². The standard InChI is InChI=1S/C10H12N4O2/c1-6-12-3-2-9-13-8(5-14(6)9)7(4-11)10(15)16/h2-3,5,7H,4,11H2,1H3,(H,15,16). The zero-order chi connectivity index (χ0) is 11.7. The highest BCUT2D eigenvalue weighted by molar-refractivity contribution is 5.76.